The molecule has 1 aromatic heterocycles. The Bertz CT molecular complexity index is 248. The van der Waals surface area contributed by atoms with Gasteiger partial charge in [0, 0.05) is 12.4 Å². The second-order valence-corrected chi connectivity index (χ2v) is 2.22. The minimum absolute atomic E-state index is 0.0783. The SMILES string of the molecule is NCC(=O)OCc1ccncc1. The Morgan fingerprint density at radius 2 is 2.17 bits per heavy atom. The fourth-order valence-corrected chi connectivity index (χ4v) is 0.702. The molecule has 1 rings (SSSR count). The Morgan fingerprint density at radius 3 is 2.75 bits per heavy atom. The van der Waals surface area contributed by atoms with Crippen molar-refractivity contribution >= 4 is 5.97 Å². The smallest absolute Gasteiger partial charge is 0.320 e. The van der Waals surface area contributed by atoms with Crippen molar-refractivity contribution in [1.82, 2.24) is 4.98 Å². The minimum atomic E-state index is -0.396. The molecule has 0 radical (unpaired) electrons. The van der Waals surface area contributed by atoms with E-state index >= 15 is 0 Å². The molecule has 0 bridgehead atoms. The molecule has 4 heteroatoms. The summed E-state index contributed by atoms with van der Waals surface area (Å²) in [5.41, 5.74) is 5.96. The normalized spacial score (nSPS) is 9.42. The molecule has 0 aliphatic rings. The van der Waals surface area contributed by atoms with Gasteiger partial charge in [-0.2, -0.15) is 0 Å². The van der Waals surface area contributed by atoms with Gasteiger partial charge in [-0.15, -0.1) is 0 Å². The number of rotatable bonds is 3. The van der Waals surface area contributed by atoms with Gasteiger partial charge in [0.1, 0.15) is 6.61 Å². The maximum Gasteiger partial charge on any atom is 0.320 e. The van der Waals surface area contributed by atoms with E-state index in [4.69, 9.17) is 10.5 Å². The second-order valence-electron chi connectivity index (χ2n) is 2.22. The summed E-state index contributed by atoms with van der Waals surface area (Å²) < 4.78 is 4.79. The topological polar surface area (TPSA) is 65.2 Å². The second kappa shape index (κ2) is 4.46. The maximum absolute atomic E-state index is 10.6. The summed E-state index contributed by atoms with van der Waals surface area (Å²) in [5, 5.41) is 0. The number of ether oxygens (including phenoxy) is 1. The molecule has 2 N–H and O–H groups in total. The van der Waals surface area contributed by atoms with Crippen LogP contribution in [-0.4, -0.2) is 17.5 Å². The Labute approximate surface area is 70.4 Å². The van der Waals surface area contributed by atoms with Gasteiger partial charge in [0.2, 0.25) is 0 Å². The number of carbonyl (C=O) groups excluding carboxylic acids is 1. The molecule has 0 amide bonds. The Kier molecular flexibility index (Phi) is 3.22. The van der Waals surface area contributed by atoms with Crippen LogP contribution in [0.1, 0.15) is 5.56 Å². The first-order valence-electron chi connectivity index (χ1n) is 3.57. The Balaban J connectivity index is 2.38. The number of nitrogens with two attached hydrogens (primary N) is 1. The van der Waals surface area contributed by atoms with Crippen LogP contribution >= 0.6 is 0 Å². The van der Waals surface area contributed by atoms with E-state index < -0.39 is 5.97 Å². The molecule has 0 aromatic carbocycles. The van der Waals surface area contributed by atoms with E-state index in [1.54, 1.807) is 24.5 Å². The van der Waals surface area contributed by atoms with Gasteiger partial charge in [0.15, 0.2) is 0 Å². The molecule has 0 saturated heterocycles. The maximum atomic E-state index is 10.6. The molecular weight excluding hydrogens is 156 g/mol. The lowest BCUT2D eigenvalue weighted by molar-refractivity contribution is -0.143. The molecule has 1 heterocycles. The number of pyridine rings is 1. The molecule has 0 aliphatic heterocycles. The highest BCUT2D eigenvalue weighted by Gasteiger charge is 1.98. The van der Waals surface area contributed by atoms with Gasteiger partial charge in [-0.05, 0) is 17.7 Å². The van der Waals surface area contributed by atoms with Crippen molar-refractivity contribution in [3.8, 4) is 0 Å². The fraction of sp³-hybridized carbons (Fsp3) is 0.250. The van der Waals surface area contributed by atoms with E-state index in [-0.39, 0.29) is 13.2 Å². The summed E-state index contributed by atoms with van der Waals surface area (Å²) in [7, 11) is 0. The summed E-state index contributed by atoms with van der Waals surface area (Å²) >= 11 is 0. The Morgan fingerprint density at radius 1 is 1.50 bits per heavy atom. The van der Waals surface area contributed by atoms with Crippen LogP contribution in [0.2, 0.25) is 0 Å². The average molecular weight is 166 g/mol. The first-order chi connectivity index (χ1) is 5.83. The first kappa shape index (κ1) is 8.67. The molecule has 12 heavy (non-hydrogen) atoms. The quantitative estimate of drug-likeness (QED) is 0.646. The number of esters is 1. The molecule has 0 fully saturated rings. The van der Waals surface area contributed by atoms with Crippen molar-refractivity contribution in [3.05, 3.63) is 30.1 Å². The molecule has 0 atom stereocenters. The number of nitrogens with zero attached hydrogens (tertiary/aromatic N) is 1. The van der Waals surface area contributed by atoms with Gasteiger partial charge in [0.25, 0.3) is 0 Å². The lowest BCUT2D eigenvalue weighted by Crippen LogP contribution is -2.16. The van der Waals surface area contributed by atoms with Gasteiger partial charge in [-0.25, -0.2) is 0 Å². The molecule has 0 saturated carbocycles. The van der Waals surface area contributed by atoms with Crippen LogP contribution in [0.4, 0.5) is 0 Å². The summed E-state index contributed by atoms with van der Waals surface area (Å²) in [6.45, 7) is 0.184. The van der Waals surface area contributed by atoms with Crippen molar-refractivity contribution in [2.75, 3.05) is 6.54 Å². The van der Waals surface area contributed by atoms with Crippen LogP contribution in [0.25, 0.3) is 0 Å². The van der Waals surface area contributed by atoms with Crippen LogP contribution < -0.4 is 5.73 Å². The number of hydrogen-bond donors (Lipinski definition) is 1. The van der Waals surface area contributed by atoms with Gasteiger partial charge < -0.3 is 10.5 Å². The highest BCUT2D eigenvalue weighted by molar-refractivity contribution is 5.71. The number of aromatic nitrogens is 1. The third kappa shape index (κ3) is 2.67. The summed E-state index contributed by atoms with van der Waals surface area (Å²) in [5.74, 6) is -0.396. The fourth-order valence-electron chi connectivity index (χ4n) is 0.702. The zero-order valence-electron chi connectivity index (χ0n) is 6.56. The molecule has 0 spiro atoms. The Hall–Kier alpha value is -1.42. The third-order valence-corrected chi connectivity index (χ3v) is 1.32. The lowest BCUT2D eigenvalue weighted by atomic mass is 10.3. The molecular formula is C8H10N2O2. The van der Waals surface area contributed by atoms with Gasteiger partial charge in [-0.3, -0.25) is 9.78 Å². The monoisotopic (exact) mass is 166 g/mol. The van der Waals surface area contributed by atoms with E-state index in [0.717, 1.165) is 5.56 Å². The largest absolute Gasteiger partial charge is 0.460 e. The van der Waals surface area contributed by atoms with Gasteiger partial charge in [-0.1, -0.05) is 0 Å². The molecule has 4 nitrogen and oxygen atoms in total. The standard InChI is InChI=1S/C8H10N2O2/c9-5-8(11)12-6-7-1-3-10-4-2-7/h1-4H,5-6,9H2. The lowest BCUT2D eigenvalue weighted by Gasteiger charge is -2.01. The van der Waals surface area contributed by atoms with Crippen LogP contribution in [-0.2, 0) is 16.1 Å². The predicted molar refractivity (Wildman–Crippen MR) is 43.1 cm³/mol. The third-order valence-electron chi connectivity index (χ3n) is 1.32. The molecule has 1 aromatic rings. The summed E-state index contributed by atoms with van der Waals surface area (Å²) in [4.78, 5) is 14.4. The predicted octanol–water partition coefficient (Wildman–Crippen LogP) is 0.0835. The van der Waals surface area contributed by atoms with Crippen molar-refractivity contribution in [2.24, 2.45) is 5.73 Å². The molecule has 0 aliphatic carbocycles. The summed E-state index contributed by atoms with van der Waals surface area (Å²) in [6.07, 6.45) is 3.29. The van der Waals surface area contributed by atoms with Crippen LogP contribution in [0, 0.1) is 0 Å². The first-order valence-corrected chi connectivity index (χ1v) is 3.57. The van der Waals surface area contributed by atoms with Crippen molar-refractivity contribution in [2.45, 2.75) is 6.61 Å². The van der Waals surface area contributed by atoms with Crippen LogP contribution in [0.5, 0.6) is 0 Å². The number of hydrogen-bond acceptors (Lipinski definition) is 4. The van der Waals surface area contributed by atoms with E-state index in [1.807, 2.05) is 0 Å². The molecule has 64 valence electrons. The number of carbonyl (C=O) groups is 1. The van der Waals surface area contributed by atoms with Crippen molar-refractivity contribution in [3.63, 3.8) is 0 Å². The zero-order chi connectivity index (χ0) is 8.81. The van der Waals surface area contributed by atoms with Gasteiger partial charge >= 0.3 is 5.97 Å². The average Bonchev–Trinajstić information content (AvgIpc) is 2.16. The highest BCUT2D eigenvalue weighted by atomic mass is 16.5. The van der Waals surface area contributed by atoms with Gasteiger partial charge in [0.05, 0.1) is 6.54 Å². The van der Waals surface area contributed by atoms with Crippen LogP contribution in [0.15, 0.2) is 24.5 Å². The van der Waals surface area contributed by atoms with E-state index in [9.17, 15) is 4.79 Å². The summed E-state index contributed by atoms with van der Waals surface area (Å²) in [6, 6.07) is 3.56. The highest BCUT2D eigenvalue weighted by Crippen LogP contribution is 1.97. The van der Waals surface area contributed by atoms with Crippen LogP contribution in [0.3, 0.4) is 0 Å². The van der Waals surface area contributed by atoms with E-state index in [0.29, 0.717) is 0 Å². The van der Waals surface area contributed by atoms with Crippen molar-refractivity contribution < 1.29 is 9.53 Å². The molecule has 0 unspecified atom stereocenters. The van der Waals surface area contributed by atoms with Crippen molar-refractivity contribution in [1.29, 1.82) is 0 Å². The minimum Gasteiger partial charge on any atom is -0.460 e. The van der Waals surface area contributed by atoms with E-state index in [2.05, 4.69) is 4.98 Å². The van der Waals surface area contributed by atoms with E-state index in [1.165, 1.54) is 0 Å². The zero-order valence-corrected chi connectivity index (χ0v) is 6.56.